The molecule has 0 spiro atoms. The lowest BCUT2D eigenvalue weighted by molar-refractivity contribution is -0.137. The SMILES string of the molecule is O=c1c2ccccc2nc(SCCCSc2nnnn2-c2ccc(C(F)(F)F)cc2)n1-c1ccccc1. The van der Waals surface area contributed by atoms with Gasteiger partial charge in [0.15, 0.2) is 5.16 Å². The lowest BCUT2D eigenvalue weighted by atomic mass is 10.2. The summed E-state index contributed by atoms with van der Waals surface area (Å²) in [6, 6.07) is 21.4. The minimum absolute atomic E-state index is 0.121. The minimum atomic E-state index is -4.40. The van der Waals surface area contributed by atoms with Crippen molar-refractivity contribution in [3.63, 3.8) is 0 Å². The van der Waals surface area contributed by atoms with E-state index >= 15 is 0 Å². The maximum Gasteiger partial charge on any atom is 0.416 e. The van der Waals surface area contributed by atoms with Crippen LogP contribution in [-0.2, 0) is 6.18 Å². The molecule has 3 aromatic carbocycles. The first-order valence-electron chi connectivity index (χ1n) is 11.2. The van der Waals surface area contributed by atoms with Crippen LogP contribution in [0.1, 0.15) is 12.0 Å². The molecule has 2 aromatic heterocycles. The molecule has 0 radical (unpaired) electrons. The van der Waals surface area contributed by atoms with E-state index in [1.807, 2.05) is 48.5 Å². The number of halogens is 3. The van der Waals surface area contributed by atoms with Gasteiger partial charge in [-0.2, -0.15) is 17.9 Å². The lowest BCUT2D eigenvalue weighted by Gasteiger charge is -2.13. The number of rotatable bonds is 8. The van der Waals surface area contributed by atoms with E-state index in [9.17, 15) is 18.0 Å². The minimum Gasteiger partial charge on any atom is -0.268 e. The molecule has 12 heteroatoms. The average molecular weight is 541 g/mol. The topological polar surface area (TPSA) is 78.5 Å². The third-order valence-corrected chi connectivity index (χ3v) is 7.42. The highest BCUT2D eigenvalue weighted by Crippen LogP contribution is 2.30. The molecule has 0 unspecified atom stereocenters. The monoisotopic (exact) mass is 540 g/mol. The summed E-state index contributed by atoms with van der Waals surface area (Å²) in [7, 11) is 0. The Bertz CT molecular complexity index is 1570. The molecule has 37 heavy (non-hydrogen) atoms. The zero-order valence-corrected chi connectivity index (χ0v) is 20.8. The number of para-hydroxylation sites is 2. The fourth-order valence-electron chi connectivity index (χ4n) is 3.62. The summed E-state index contributed by atoms with van der Waals surface area (Å²) in [5, 5.41) is 13.2. The second kappa shape index (κ2) is 10.8. The maximum atomic E-state index is 13.3. The summed E-state index contributed by atoms with van der Waals surface area (Å²) in [6.45, 7) is 0. The van der Waals surface area contributed by atoms with Crippen LogP contribution >= 0.6 is 23.5 Å². The van der Waals surface area contributed by atoms with Gasteiger partial charge in [0.25, 0.3) is 5.56 Å². The van der Waals surface area contributed by atoms with Crippen molar-refractivity contribution in [2.75, 3.05) is 11.5 Å². The van der Waals surface area contributed by atoms with Crippen LogP contribution in [0.15, 0.2) is 94.0 Å². The molecule has 5 rings (SSSR count). The first-order chi connectivity index (χ1) is 17.9. The van der Waals surface area contributed by atoms with E-state index in [0.29, 0.717) is 38.4 Å². The Morgan fingerprint density at radius 1 is 0.784 bits per heavy atom. The molecule has 0 saturated heterocycles. The third-order valence-electron chi connectivity index (χ3n) is 5.39. The van der Waals surface area contributed by atoms with Crippen molar-refractivity contribution in [3.8, 4) is 11.4 Å². The summed E-state index contributed by atoms with van der Waals surface area (Å²) in [4.78, 5) is 18.0. The van der Waals surface area contributed by atoms with Crippen molar-refractivity contribution in [1.29, 1.82) is 0 Å². The lowest BCUT2D eigenvalue weighted by Crippen LogP contribution is -2.21. The van der Waals surface area contributed by atoms with Gasteiger partial charge in [0.1, 0.15) is 0 Å². The van der Waals surface area contributed by atoms with Crippen LogP contribution in [0.2, 0.25) is 0 Å². The largest absolute Gasteiger partial charge is 0.416 e. The van der Waals surface area contributed by atoms with Crippen LogP contribution in [0.25, 0.3) is 22.3 Å². The van der Waals surface area contributed by atoms with Crippen LogP contribution in [0.3, 0.4) is 0 Å². The number of alkyl halides is 3. The second-order valence-corrected chi connectivity index (χ2v) is 9.98. The van der Waals surface area contributed by atoms with Crippen molar-refractivity contribution >= 4 is 34.4 Å². The van der Waals surface area contributed by atoms with E-state index < -0.39 is 11.7 Å². The van der Waals surface area contributed by atoms with Gasteiger partial charge in [-0.1, -0.05) is 53.9 Å². The summed E-state index contributed by atoms with van der Waals surface area (Å²) in [5.41, 5.74) is 0.990. The number of aromatic nitrogens is 6. The first kappa shape index (κ1) is 25.0. The molecule has 0 aliphatic rings. The number of nitrogens with zero attached hydrogens (tertiary/aromatic N) is 6. The normalized spacial score (nSPS) is 11.8. The highest BCUT2D eigenvalue weighted by atomic mass is 32.2. The van der Waals surface area contributed by atoms with Gasteiger partial charge in [-0.25, -0.2) is 4.98 Å². The zero-order valence-electron chi connectivity index (χ0n) is 19.2. The van der Waals surface area contributed by atoms with E-state index in [1.54, 1.807) is 10.6 Å². The molecule has 0 fully saturated rings. The summed E-state index contributed by atoms with van der Waals surface area (Å²) in [6.07, 6.45) is -3.65. The molecule has 0 N–H and O–H groups in total. The predicted molar refractivity (Wildman–Crippen MR) is 138 cm³/mol. The van der Waals surface area contributed by atoms with E-state index in [2.05, 4.69) is 15.5 Å². The van der Waals surface area contributed by atoms with Crippen LogP contribution in [-0.4, -0.2) is 41.3 Å². The fraction of sp³-hybridized carbons (Fsp3) is 0.160. The zero-order chi connectivity index (χ0) is 25.8. The Balaban J connectivity index is 1.26. The van der Waals surface area contributed by atoms with Crippen LogP contribution < -0.4 is 5.56 Å². The Labute approximate surface area is 217 Å². The molecule has 0 saturated carbocycles. The molecule has 0 bridgehead atoms. The molecular weight excluding hydrogens is 521 g/mol. The van der Waals surface area contributed by atoms with Crippen molar-refractivity contribution < 1.29 is 13.2 Å². The van der Waals surface area contributed by atoms with Gasteiger partial charge in [0, 0.05) is 11.5 Å². The fourth-order valence-corrected chi connectivity index (χ4v) is 5.59. The standard InChI is InChI=1S/C25H19F3N6OS2/c26-25(27,28)17-11-13-19(14-12-17)34-24(30-31-32-34)37-16-6-15-36-23-29-21-10-5-4-9-20(21)22(35)33(23)18-7-2-1-3-8-18/h1-5,7-14H,6,15-16H2. The molecular formula is C25H19F3N6OS2. The second-order valence-electron chi connectivity index (χ2n) is 7.86. The number of benzene rings is 3. The average Bonchev–Trinajstić information content (AvgIpc) is 3.37. The molecule has 5 aromatic rings. The van der Waals surface area contributed by atoms with E-state index in [4.69, 9.17) is 4.98 Å². The Morgan fingerprint density at radius 3 is 2.19 bits per heavy atom. The van der Waals surface area contributed by atoms with Gasteiger partial charge in [-0.3, -0.25) is 9.36 Å². The van der Waals surface area contributed by atoms with Gasteiger partial charge in [-0.05, 0) is 65.4 Å². The van der Waals surface area contributed by atoms with Gasteiger partial charge >= 0.3 is 6.18 Å². The van der Waals surface area contributed by atoms with E-state index in [0.717, 1.165) is 24.2 Å². The Morgan fingerprint density at radius 2 is 1.46 bits per heavy atom. The number of tetrazole rings is 1. The van der Waals surface area contributed by atoms with Crippen LogP contribution in [0, 0.1) is 0 Å². The molecule has 0 amide bonds. The van der Waals surface area contributed by atoms with Crippen molar-refractivity contribution in [3.05, 3.63) is 94.8 Å². The van der Waals surface area contributed by atoms with Gasteiger partial charge < -0.3 is 0 Å². The quantitative estimate of drug-likeness (QED) is 0.143. The Hall–Kier alpha value is -3.64. The molecule has 0 atom stereocenters. The van der Waals surface area contributed by atoms with E-state index in [-0.39, 0.29) is 5.56 Å². The number of hydrogen-bond acceptors (Lipinski definition) is 7. The number of hydrogen-bond donors (Lipinski definition) is 0. The van der Waals surface area contributed by atoms with Gasteiger partial charge in [0.2, 0.25) is 5.16 Å². The van der Waals surface area contributed by atoms with Crippen molar-refractivity contribution in [2.45, 2.75) is 22.9 Å². The summed E-state index contributed by atoms with van der Waals surface area (Å²) >= 11 is 2.89. The molecule has 2 heterocycles. The maximum absolute atomic E-state index is 13.3. The molecule has 0 aliphatic carbocycles. The van der Waals surface area contributed by atoms with E-state index in [1.165, 1.54) is 40.3 Å². The number of thioether (sulfide) groups is 2. The highest BCUT2D eigenvalue weighted by Gasteiger charge is 2.30. The Kier molecular flexibility index (Phi) is 7.28. The molecule has 0 aliphatic heterocycles. The smallest absolute Gasteiger partial charge is 0.268 e. The van der Waals surface area contributed by atoms with Crippen molar-refractivity contribution in [1.82, 2.24) is 29.8 Å². The summed E-state index contributed by atoms with van der Waals surface area (Å²) < 4.78 is 41.6. The van der Waals surface area contributed by atoms with Gasteiger partial charge in [-0.15, -0.1) is 5.10 Å². The molecule has 7 nitrogen and oxygen atoms in total. The highest BCUT2D eigenvalue weighted by molar-refractivity contribution is 8.00. The first-order valence-corrected chi connectivity index (χ1v) is 13.2. The van der Waals surface area contributed by atoms with Gasteiger partial charge in [0.05, 0.1) is 27.8 Å². The number of fused-ring (bicyclic) bond motifs is 1. The third kappa shape index (κ3) is 5.54. The molecule has 188 valence electrons. The summed E-state index contributed by atoms with van der Waals surface area (Å²) in [5.74, 6) is 1.35. The van der Waals surface area contributed by atoms with Crippen LogP contribution in [0.4, 0.5) is 13.2 Å². The predicted octanol–water partition coefficient (Wildman–Crippen LogP) is 5.65. The van der Waals surface area contributed by atoms with Crippen molar-refractivity contribution in [2.24, 2.45) is 0 Å². The van der Waals surface area contributed by atoms with Crippen LogP contribution in [0.5, 0.6) is 0 Å².